The minimum Gasteiger partial charge on any atom is -0.351 e. The SMILES string of the molecule is Cc1ccc(S(=O)(=O)N2CC(=O)N(c3ccc(C)cc3C)[C@@](C)(C(=O)NC3CCCC3)C2)cc1. The molecule has 1 aliphatic heterocycles. The van der Waals surface area contributed by atoms with Crippen molar-refractivity contribution in [3.63, 3.8) is 0 Å². The van der Waals surface area contributed by atoms with E-state index in [9.17, 15) is 18.0 Å². The van der Waals surface area contributed by atoms with Crippen molar-refractivity contribution in [1.29, 1.82) is 0 Å². The predicted molar refractivity (Wildman–Crippen MR) is 132 cm³/mol. The lowest BCUT2D eigenvalue weighted by atomic mass is 9.93. The zero-order chi connectivity index (χ0) is 24.7. The summed E-state index contributed by atoms with van der Waals surface area (Å²) in [5, 5.41) is 3.11. The van der Waals surface area contributed by atoms with Gasteiger partial charge >= 0.3 is 0 Å². The van der Waals surface area contributed by atoms with E-state index in [0.29, 0.717) is 5.69 Å². The van der Waals surface area contributed by atoms with Crippen LogP contribution in [0.1, 0.15) is 49.3 Å². The first kappa shape index (κ1) is 24.4. The molecule has 0 radical (unpaired) electrons. The number of nitrogens with one attached hydrogen (secondary N) is 1. The fourth-order valence-corrected chi connectivity index (χ4v) is 6.52. The molecular formula is C26H33N3O4S. The number of nitrogens with zero attached hydrogens (tertiary/aromatic N) is 2. The predicted octanol–water partition coefficient (Wildman–Crippen LogP) is 3.47. The molecule has 1 aliphatic carbocycles. The number of carbonyl (C=O) groups is 2. The fraction of sp³-hybridized carbons (Fsp3) is 0.462. The van der Waals surface area contributed by atoms with Crippen molar-refractivity contribution in [3.8, 4) is 0 Å². The number of hydrogen-bond donors (Lipinski definition) is 1. The smallest absolute Gasteiger partial charge is 0.247 e. The molecule has 2 aromatic rings. The number of carbonyl (C=O) groups excluding carboxylic acids is 2. The molecule has 1 N–H and O–H groups in total. The number of anilines is 1. The molecule has 0 bridgehead atoms. The van der Waals surface area contributed by atoms with E-state index in [4.69, 9.17) is 0 Å². The third kappa shape index (κ3) is 4.49. The van der Waals surface area contributed by atoms with Crippen LogP contribution < -0.4 is 10.2 Å². The number of benzene rings is 2. The fourth-order valence-electron chi connectivity index (χ4n) is 5.04. The summed E-state index contributed by atoms with van der Waals surface area (Å²) in [7, 11) is -3.96. The van der Waals surface area contributed by atoms with E-state index >= 15 is 0 Å². The minimum atomic E-state index is -3.96. The van der Waals surface area contributed by atoms with Crippen LogP contribution >= 0.6 is 0 Å². The maximum atomic E-state index is 13.7. The van der Waals surface area contributed by atoms with Gasteiger partial charge in [-0.3, -0.25) is 14.5 Å². The highest BCUT2D eigenvalue weighted by molar-refractivity contribution is 7.89. The number of piperazine rings is 1. The van der Waals surface area contributed by atoms with Gasteiger partial charge in [-0.1, -0.05) is 48.2 Å². The average Bonchev–Trinajstić information content (AvgIpc) is 3.28. The third-order valence-electron chi connectivity index (χ3n) is 6.97. The second-order valence-corrected chi connectivity index (χ2v) is 11.8. The normalized spacial score (nSPS) is 22.2. The van der Waals surface area contributed by atoms with Gasteiger partial charge in [0.1, 0.15) is 5.54 Å². The van der Waals surface area contributed by atoms with E-state index in [1.807, 2.05) is 39.0 Å². The summed E-state index contributed by atoms with van der Waals surface area (Å²) in [6, 6.07) is 12.3. The zero-order valence-corrected chi connectivity index (χ0v) is 21.1. The zero-order valence-electron chi connectivity index (χ0n) is 20.3. The Bertz CT molecular complexity index is 1200. The molecule has 2 amide bonds. The highest BCUT2D eigenvalue weighted by atomic mass is 32.2. The highest BCUT2D eigenvalue weighted by Crippen LogP contribution is 2.35. The largest absolute Gasteiger partial charge is 0.351 e. The van der Waals surface area contributed by atoms with E-state index in [2.05, 4.69) is 5.32 Å². The van der Waals surface area contributed by atoms with E-state index in [1.165, 1.54) is 4.90 Å². The van der Waals surface area contributed by atoms with Crippen LogP contribution in [-0.4, -0.2) is 49.2 Å². The van der Waals surface area contributed by atoms with Crippen LogP contribution in [0.2, 0.25) is 0 Å². The second kappa shape index (κ2) is 9.15. The molecule has 0 unspecified atom stereocenters. The molecule has 0 spiro atoms. The molecule has 7 nitrogen and oxygen atoms in total. The maximum absolute atomic E-state index is 13.7. The summed E-state index contributed by atoms with van der Waals surface area (Å²) >= 11 is 0. The van der Waals surface area contributed by atoms with Crippen LogP contribution in [0.25, 0.3) is 0 Å². The molecular weight excluding hydrogens is 450 g/mol. The third-order valence-corrected chi connectivity index (χ3v) is 8.78. The van der Waals surface area contributed by atoms with Crippen LogP contribution in [0.3, 0.4) is 0 Å². The molecule has 1 heterocycles. The van der Waals surface area contributed by atoms with Crippen LogP contribution in [0, 0.1) is 20.8 Å². The molecule has 34 heavy (non-hydrogen) atoms. The second-order valence-electron chi connectivity index (χ2n) is 9.83. The summed E-state index contributed by atoms with van der Waals surface area (Å²) in [6.07, 6.45) is 3.89. The molecule has 0 aromatic heterocycles. The molecule has 2 aliphatic rings. The molecule has 4 rings (SSSR count). The summed E-state index contributed by atoms with van der Waals surface area (Å²) in [6.45, 7) is 6.98. The Morgan fingerprint density at radius 1 is 1.00 bits per heavy atom. The standard InChI is InChI=1S/C26H33N3O4S/c1-18-9-12-22(13-10-18)34(32,33)28-16-24(30)29(23-14-11-19(2)15-20(23)3)26(4,17-28)25(31)27-21-7-5-6-8-21/h9-15,21H,5-8,16-17H2,1-4H3,(H,27,31)/t26-/m1/s1. The Hall–Kier alpha value is -2.71. The van der Waals surface area contributed by atoms with Gasteiger partial charge in [0, 0.05) is 18.3 Å². The monoisotopic (exact) mass is 483 g/mol. The van der Waals surface area contributed by atoms with Crippen LogP contribution in [0.5, 0.6) is 0 Å². The van der Waals surface area contributed by atoms with Crippen molar-refractivity contribution < 1.29 is 18.0 Å². The number of hydrogen-bond acceptors (Lipinski definition) is 4. The summed E-state index contributed by atoms with van der Waals surface area (Å²) in [4.78, 5) is 28.9. The van der Waals surface area contributed by atoms with Crippen molar-refractivity contribution in [2.24, 2.45) is 0 Å². The van der Waals surface area contributed by atoms with Crippen molar-refractivity contribution >= 4 is 27.5 Å². The lowest BCUT2D eigenvalue weighted by molar-refractivity contribution is -0.133. The van der Waals surface area contributed by atoms with Crippen molar-refractivity contribution in [2.75, 3.05) is 18.0 Å². The molecule has 2 aromatic carbocycles. The highest BCUT2D eigenvalue weighted by Gasteiger charge is 2.51. The lowest BCUT2D eigenvalue weighted by Gasteiger charge is -2.47. The van der Waals surface area contributed by atoms with E-state index in [0.717, 1.165) is 46.7 Å². The Kier molecular flexibility index (Phi) is 6.57. The molecule has 2 fully saturated rings. The van der Waals surface area contributed by atoms with E-state index in [-0.39, 0.29) is 29.9 Å². The Morgan fingerprint density at radius 2 is 1.62 bits per heavy atom. The number of aryl methyl sites for hydroxylation is 3. The summed E-state index contributed by atoms with van der Waals surface area (Å²) in [5.41, 5.74) is 2.09. The first-order valence-electron chi connectivity index (χ1n) is 11.8. The Labute approximate surface area is 202 Å². The maximum Gasteiger partial charge on any atom is 0.247 e. The quantitative estimate of drug-likeness (QED) is 0.706. The van der Waals surface area contributed by atoms with Gasteiger partial charge in [-0.15, -0.1) is 0 Å². The van der Waals surface area contributed by atoms with Crippen LogP contribution in [0.15, 0.2) is 47.4 Å². The first-order valence-corrected chi connectivity index (χ1v) is 13.2. The minimum absolute atomic E-state index is 0.0458. The first-order chi connectivity index (χ1) is 16.0. The number of sulfonamides is 1. The van der Waals surface area contributed by atoms with Crippen LogP contribution in [0.4, 0.5) is 5.69 Å². The van der Waals surface area contributed by atoms with Gasteiger partial charge in [0.25, 0.3) is 0 Å². The van der Waals surface area contributed by atoms with Crippen molar-refractivity contribution in [2.45, 2.75) is 69.9 Å². The molecule has 1 atom stereocenters. The summed E-state index contributed by atoms with van der Waals surface area (Å²) in [5.74, 6) is -0.741. The van der Waals surface area contributed by atoms with Crippen molar-refractivity contribution in [3.05, 3.63) is 59.2 Å². The van der Waals surface area contributed by atoms with Gasteiger partial charge in [-0.25, -0.2) is 8.42 Å². The molecule has 1 saturated heterocycles. The van der Waals surface area contributed by atoms with Gasteiger partial charge in [0.05, 0.1) is 11.4 Å². The van der Waals surface area contributed by atoms with Gasteiger partial charge in [0.15, 0.2) is 0 Å². The van der Waals surface area contributed by atoms with Crippen molar-refractivity contribution in [1.82, 2.24) is 9.62 Å². The summed E-state index contributed by atoms with van der Waals surface area (Å²) < 4.78 is 28.1. The molecule has 182 valence electrons. The topological polar surface area (TPSA) is 86.8 Å². The number of amides is 2. The van der Waals surface area contributed by atoms with Gasteiger partial charge in [0.2, 0.25) is 21.8 Å². The molecule has 8 heteroatoms. The Morgan fingerprint density at radius 3 is 2.24 bits per heavy atom. The Balaban J connectivity index is 1.75. The number of rotatable bonds is 5. The van der Waals surface area contributed by atoms with Gasteiger partial charge < -0.3 is 5.32 Å². The average molecular weight is 484 g/mol. The van der Waals surface area contributed by atoms with Gasteiger partial charge in [-0.05, 0) is 64.3 Å². The molecule has 1 saturated carbocycles. The van der Waals surface area contributed by atoms with Crippen LogP contribution in [-0.2, 0) is 19.6 Å². The lowest BCUT2D eigenvalue weighted by Crippen LogP contribution is -2.70. The van der Waals surface area contributed by atoms with Gasteiger partial charge in [-0.2, -0.15) is 4.31 Å². The van der Waals surface area contributed by atoms with E-state index < -0.39 is 21.5 Å². The van der Waals surface area contributed by atoms with E-state index in [1.54, 1.807) is 31.2 Å².